The van der Waals surface area contributed by atoms with Gasteiger partial charge in [-0.15, -0.1) is 11.3 Å². The molecule has 0 unspecified atom stereocenters. The molecular weight excluding hydrogens is 605 g/mol. The summed E-state index contributed by atoms with van der Waals surface area (Å²) in [5, 5.41) is 10.3. The third kappa shape index (κ3) is 4.59. The van der Waals surface area contributed by atoms with E-state index in [2.05, 4.69) is 172 Å². The molecule has 9 aromatic rings. The number of nitrogens with zero attached hydrogens (tertiary/aromatic N) is 4. The fourth-order valence-electron chi connectivity index (χ4n) is 7.10. The molecule has 0 fully saturated rings. The molecule has 3 heterocycles. The number of hydrogen-bond acceptors (Lipinski definition) is 3. The molecule has 9 rings (SSSR count). The van der Waals surface area contributed by atoms with Crippen molar-refractivity contribution in [2.75, 3.05) is 0 Å². The maximum atomic E-state index is 5.45. The van der Waals surface area contributed by atoms with Crippen LogP contribution in [0.3, 0.4) is 0 Å². The Balaban J connectivity index is 1.24. The first-order valence-corrected chi connectivity index (χ1v) is 17.0. The summed E-state index contributed by atoms with van der Waals surface area (Å²) in [6.45, 7) is 4.33. The molecule has 0 atom stereocenters. The average Bonchev–Trinajstić information content (AvgIpc) is 3.88. The lowest BCUT2D eigenvalue weighted by molar-refractivity contribution is 0.795. The molecule has 48 heavy (non-hydrogen) atoms. The second-order valence-electron chi connectivity index (χ2n) is 11.9. The van der Waals surface area contributed by atoms with Crippen LogP contribution < -0.4 is 0 Å². The molecule has 5 heteroatoms. The molecule has 0 radical (unpaired) electrons. The fraction of sp³-hybridized carbons (Fsp3) is 0.0233. The number of aromatic nitrogens is 2. The quantitative estimate of drug-likeness (QED) is 0.156. The Morgan fingerprint density at radius 1 is 0.646 bits per heavy atom. The van der Waals surface area contributed by atoms with Crippen molar-refractivity contribution in [1.82, 2.24) is 9.13 Å². The molecule has 6 aromatic carbocycles. The Morgan fingerprint density at radius 3 is 2.33 bits per heavy atom. The van der Waals surface area contributed by atoms with E-state index in [1.165, 1.54) is 43.5 Å². The second kappa shape index (κ2) is 11.6. The van der Waals surface area contributed by atoms with Crippen LogP contribution in [0.2, 0.25) is 0 Å². The van der Waals surface area contributed by atoms with Crippen molar-refractivity contribution < 1.29 is 0 Å². The van der Waals surface area contributed by atoms with Gasteiger partial charge in [-0.2, -0.15) is 0 Å². The molecule has 0 aliphatic rings. The maximum absolute atomic E-state index is 5.45. The molecule has 4 nitrogen and oxygen atoms in total. The molecule has 0 N–H and O–H groups in total. The molecule has 0 saturated heterocycles. The highest BCUT2D eigenvalue weighted by Gasteiger charge is 2.18. The first-order chi connectivity index (χ1) is 23.8. The SMILES string of the molecule is C=Nc1cscc1/C(=N\Cn1c2ccccc2c2ccc3c(ccn3-c3ccccc3)c21)c1cccc(-c2cccc3ccccc23)c1. The van der Waals surface area contributed by atoms with Gasteiger partial charge in [-0.05, 0) is 65.0 Å². The van der Waals surface area contributed by atoms with Gasteiger partial charge in [0, 0.05) is 49.9 Å². The Morgan fingerprint density at radius 2 is 1.44 bits per heavy atom. The number of fused-ring (bicyclic) bond motifs is 6. The molecular formula is C43H30N4S. The lowest BCUT2D eigenvalue weighted by Gasteiger charge is -2.13. The predicted molar refractivity (Wildman–Crippen MR) is 205 cm³/mol. The Hall–Kier alpha value is -6.04. The fourth-order valence-corrected chi connectivity index (χ4v) is 7.87. The summed E-state index contributed by atoms with van der Waals surface area (Å²) < 4.78 is 4.63. The molecule has 0 spiro atoms. The first kappa shape index (κ1) is 28.2. The van der Waals surface area contributed by atoms with Gasteiger partial charge in [-0.1, -0.05) is 103 Å². The summed E-state index contributed by atoms with van der Waals surface area (Å²) in [7, 11) is 0. The van der Waals surface area contributed by atoms with Gasteiger partial charge in [0.15, 0.2) is 0 Å². The predicted octanol–water partition coefficient (Wildman–Crippen LogP) is 11.4. The molecule has 0 amide bonds. The minimum Gasteiger partial charge on any atom is -0.320 e. The number of aliphatic imine (C=N–C) groups is 2. The van der Waals surface area contributed by atoms with E-state index in [1.54, 1.807) is 11.3 Å². The Labute approximate surface area is 282 Å². The third-order valence-corrected chi connectivity index (χ3v) is 10.0. The number of thiophene rings is 1. The summed E-state index contributed by atoms with van der Waals surface area (Å²) in [5.74, 6) is 0. The van der Waals surface area contributed by atoms with Crippen LogP contribution >= 0.6 is 11.3 Å². The van der Waals surface area contributed by atoms with Crippen molar-refractivity contribution in [1.29, 1.82) is 0 Å². The van der Waals surface area contributed by atoms with Gasteiger partial charge in [0.05, 0.1) is 27.9 Å². The Bertz CT molecular complexity index is 2670. The largest absolute Gasteiger partial charge is 0.320 e. The van der Waals surface area contributed by atoms with Gasteiger partial charge in [-0.25, -0.2) is 0 Å². The van der Waals surface area contributed by atoms with E-state index in [1.807, 2.05) is 5.38 Å². The van der Waals surface area contributed by atoms with E-state index >= 15 is 0 Å². The van der Waals surface area contributed by atoms with Gasteiger partial charge in [0.2, 0.25) is 0 Å². The zero-order chi connectivity index (χ0) is 32.0. The van der Waals surface area contributed by atoms with Crippen molar-refractivity contribution in [3.8, 4) is 16.8 Å². The highest BCUT2D eigenvalue weighted by atomic mass is 32.1. The average molecular weight is 635 g/mol. The maximum Gasteiger partial charge on any atom is 0.115 e. The van der Waals surface area contributed by atoms with Gasteiger partial charge >= 0.3 is 0 Å². The zero-order valence-electron chi connectivity index (χ0n) is 26.1. The lowest BCUT2D eigenvalue weighted by atomic mass is 9.95. The summed E-state index contributed by atoms with van der Waals surface area (Å²) in [6.07, 6.45) is 2.17. The van der Waals surface area contributed by atoms with E-state index in [-0.39, 0.29) is 0 Å². The van der Waals surface area contributed by atoms with Gasteiger partial charge < -0.3 is 9.13 Å². The zero-order valence-corrected chi connectivity index (χ0v) is 26.9. The van der Waals surface area contributed by atoms with E-state index < -0.39 is 0 Å². The molecule has 0 aliphatic heterocycles. The van der Waals surface area contributed by atoms with Crippen LogP contribution in [0.4, 0.5) is 5.69 Å². The Kier molecular flexibility index (Phi) is 6.84. The van der Waals surface area contributed by atoms with Crippen LogP contribution in [0.1, 0.15) is 11.1 Å². The van der Waals surface area contributed by atoms with E-state index in [0.29, 0.717) is 6.67 Å². The van der Waals surface area contributed by atoms with Gasteiger partial charge in [-0.3, -0.25) is 9.98 Å². The summed E-state index contributed by atoms with van der Waals surface area (Å²) in [5.41, 5.74) is 10.8. The minimum absolute atomic E-state index is 0.444. The smallest absolute Gasteiger partial charge is 0.115 e. The molecule has 3 aromatic heterocycles. The second-order valence-corrected chi connectivity index (χ2v) is 12.7. The van der Waals surface area contributed by atoms with Crippen LogP contribution in [0.25, 0.3) is 60.3 Å². The summed E-state index contributed by atoms with van der Waals surface area (Å²) in [6, 6.07) is 49.7. The monoisotopic (exact) mass is 634 g/mol. The number of para-hydroxylation sites is 2. The van der Waals surface area contributed by atoms with Crippen molar-refractivity contribution in [2.45, 2.75) is 6.67 Å². The number of hydrogen-bond donors (Lipinski definition) is 0. The van der Waals surface area contributed by atoms with Crippen LogP contribution in [-0.2, 0) is 6.67 Å². The van der Waals surface area contributed by atoms with Gasteiger partial charge in [0.1, 0.15) is 6.67 Å². The van der Waals surface area contributed by atoms with Crippen LogP contribution in [0.15, 0.2) is 166 Å². The van der Waals surface area contributed by atoms with E-state index in [4.69, 9.17) is 4.99 Å². The highest BCUT2D eigenvalue weighted by molar-refractivity contribution is 7.08. The highest BCUT2D eigenvalue weighted by Crippen LogP contribution is 2.37. The number of rotatable bonds is 7. The van der Waals surface area contributed by atoms with Gasteiger partial charge in [0.25, 0.3) is 0 Å². The van der Waals surface area contributed by atoms with Crippen LogP contribution in [0, 0.1) is 0 Å². The minimum atomic E-state index is 0.444. The van der Waals surface area contributed by atoms with Crippen molar-refractivity contribution in [3.05, 3.63) is 168 Å². The first-order valence-electron chi connectivity index (χ1n) is 16.0. The molecule has 0 bridgehead atoms. The van der Waals surface area contributed by atoms with Crippen LogP contribution in [0.5, 0.6) is 0 Å². The summed E-state index contributed by atoms with van der Waals surface area (Å²) >= 11 is 1.62. The van der Waals surface area contributed by atoms with Crippen molar-refractivity contribution in [2.24, 2.45) is 9.98 Å². The molecule has 0 saturated carbocycles. The topological polar surface area (TPSA) is 34.6 Å². The van der Waals surface area contributed by atoms with E-state index in [9.17, 15) is 0 Å². The van der Waals surface area contributed by atoms with Crippen LogP contribution in [-0.4, -0.2) is 21.6 Å². The van der Waals surface area contributed by atoms with Crippen molar-refractivity contribution >= 4 is 72.9 Å². The summed E-state index contributed by atoms with van der Waals surface area (Å²) in [4.78, 5) is 9.83. The third-order valence-electron chi connectivity index (χ3n) is 9.31. The van der Waals surface area contributed by atoms with E-state index in [0.717, 1.165) is 39.3 Å². The standard InChI is InChI=1S/C43H30N4S/c1-44-39-27-48-26-38(39)42(31-14-9-13-30(25-31)34-19-10-12-29-11-5-6-17-33(29)34)45-28-47-40-20-8-7-18-35(40)36-21-22-41-37(43(36)47)23-24-46(41)32-15-3-2-4-16-32/h2-27H,1,28H2/b45-42-. The molecule has 0 aliphatic carbocycles. The lowest BCUT2D eigenvalue weighted by Crippen LogP contribution is -2.06. The molecule has 228 valence electrons. The normalized spacial score (nSPS) is 12.0. The number of benzene rings is 6. The van der Waals surface area contributed by atoms with Crippen molar-refractivity contribution in [3.63, 3.8) is 0 Å².